The molecule has 0 radical (unpaired) electrons. The Morgan fingerprint density at radius 2 is 0.544 bits per heavy atom. The van der Waals surface area contributed by atoms with Crippen LogP contribution in [0.25, 0.3) is 0 Å². The molecule has 0 heterocycles. The number of ether oxygens (including phenoxy) is 2. The highest BCUT2D eigenvalue weighted by Gasteiger charge is 2.16. The highest BCUT2D eigenvalue weighted by atomic mass is 16.6. The summed E-state index contributed by atoms with van der Waals surface area (Å²) in [5.74, 6) is -0.571. The van der Waals surface area contributed by atoms with E-state index in [1.54, 1.807) is 0 Å². The fraction of sp³-hybridized carbons (Fsp3) is 0.811. The first kappa shape index (κ1) is 76.3. The van der Waals surface area contributed by atoms with Crippen LogP contribution in [-0.4, -0.2) is 36.4 Å². The van der Waals surface area contributed by atoms with E-state index in [1.165, 1.54) is 270 Å². The molecule has 0 fully saturated rings. The first-order valence-corrected chi connectivity index (χ1v) is 35.0. The van der Waals surface area contributed by atoms with Crippen molar-refractivity contribution in [1.29, 1.82) is 0 Å². The molecule has 0 rings (SSSR count). The van der Waals surface area contributed by atoms with Crippen molar-refractivity contribution in [1.82, 2.24) is 0 Å². The van der Waals surface area contributed by atoms with E-state index < -0.39 is 6.10 Å². The summed E-state index contributed by atoms with van der Waals surface area (Å²) >= 11 is 0. The molecule has 0 aromatic rings. The lowest BCUT2D eigenvalue weighted by molar-refractivity contribution is -0.161. The molecule has 0 saturated carbocycles. The molecule has 1 atom stereocenters. The molecule has 0 aliphatic rings. The summed E-state index contributed by atoms with van der Waals surface area (Å²) in [6, 6.07) is 0. The molecule has 1 N–H and O–H groups in total. The van der Waals surface area contributed by atoms with E-state index in [0.717, 1.165) is 70.6 Å². The number of aliphatic hydroxyl groups is 1. The van der Waals surface area contributed by atoms with E-state index in [0.29, 0.717) is 12.8 Å². The van der Waals surface area contributed by atoms with Gasteiger partial charge in [-0.05, 0) is 64.2 Å². The van der Waals surface area contributed by atoms with Crippen molar-refractivity contribution in [2.45, 2.75) is 373 Å². The minimum atomic E-state index is -0.773. The van der Waals surface area contributed by atoms with Crippen molar-refractivity contribution in [3.8, 4) is 0 Å². The zero-order valence-corrected chi connectivity index (χ0v) is 52.9. The average molecular weight is 1100 g/mol. The van der Waals surface area contributed by atoms with Crippen LogP contribution < -0.4 is 0 Å². The number of esters is 2. The summed E-state index contributed by atoms with van der Waals surface area (Å²) in [5, 5.41) is 9.70. The summed E-state index contributed by atoms with van der Waals surface area (Å²) in [6.45, 7) is 4.08. The van der Waals surface area contributed by atoms with Gasteiger partial charge in [0.2, 0.25) is 0 Å². The van der Waals surface area contributed by atoms with Crippen molar-refractivity contribution in [2.75, 3.05) is 13.2 Å². The zero-order valence-electron chi connectivity index (χ0n) is 52.9. The van der Waals surface area contributed by atoms with Gasteiger partial charge in [0.15, 0.2) is 6.10 Å². The standard InChI is InChI=1S/C74H134O5/c1-3-5-7-9-11-13-15-17-19-21-23-25-27-29-31-33-35-36-37-38-39-41-43-45-47-49-51-53-55-57-59-61-63-65-67-69-74(77)79-72(70-75)71-78-73(76)68-66-64-62-60-58-56-54-52-50-48-46-44-42-40-34-32-30-28-26-24-22-20-18-16-14-12-10-8-6-4-2/h5,7,11,13,17,19,23,25,29,31,35-36,72,75H,3-4,6,8-10,12,14-16,18,20-22,24,26-28,30,32-34,37-71H2,1-2H3/b7-5-,13-11-,19-17-,25-23-,31-29-,36-35-. The number of carbonyl (C=O) groups is 2. The van der Waals surface area contributed by atoms with Crippen molar-refractivity contribution < 1.29 is 24.2 Å². The summed E-state index contributed by atoms with van der Waals surface area (Å²) in [5.41, 5.74) is 0. The van der Waals surface area contributed by atoms with Gasteiger partial charge in [0.05, 0.1) is 6.61 Å². The van der Waals surface area contributed by atoms with Crippen LogP contribution in [0.4, 0.5) is 0 Å². The van der Waals surface area contributed by atoms with Crippen LogP contribution in [0.3, 0.4) is 0 Å². The molecule has 0 bridgehead atoms. The van der Waals surface area contributed by atoms with Crippen LogP contribution in [0.1, 0.15) is 367 Å². The molecule has 79 heavy (non-hydrogen) atoms. The molecule has 0 amide bonds. The van der Waals surface area contributed by atoms with Crippen LogP contribution in [0.2, 0.25) is 0 Å². The van der Waals surface area contributed by atoms with Crippen molar-refractivity contribution in [2.24, 2.45) is 0 Å². The molecular weight excluding hydrogens is 969 g/mol. The molecule has 460 valence electrons. The molecule has 5 heteroatoms. The molecule has 0 aliphatic carbocycles. The lowest BCUT2D eigenvalue weighted by Gasteiger charge is -2.15. The monoisotopic (exact) mass is 1100 g/mol. The predicted molar refractivity (Wildman–Crippen MR) is 348 cm³/mol. The minimum absolute atomic E-state index is 0.0620. The third-order valence-corrected chi connectivity index (χ3v) is 15.8. The van der Waals surface area contributed by atoms with E-state index in [9.17, 15) is 14.7 Å². The summed E-state index contributed by atoms with van der Waals surface area (Å²) in [6.07, 6.45) is 96.5. The van der Waals surface area contributed by atoms with Gasteiger partial charge in [0, 0.05) is 12.8 Å². The second-order valence-corrected chi connectivity index (χ2v) is 23.6. The molecular formula is C74H134O5. The van der Waals surface area contributed by atoms with Gasteiger partial charge < -0.3 is 14.6 Å². The highest BCUT2D eigenvalue weighted by Crippen LogP contribution is 2.19. The second kappa shape index (κ2) is 69.6. The van der Waals surface area contributed by atoms with Gasteiger partial charge in [-0.15, -0.1) is 0 Å². The van der Waals surface area contributed by atoms with E-state index in [2.05, 4.69) is 86.8 Å². The van der Waals surface area contributed by atoms with Crippen LogP contribution >= 0.6 is 0 Å². The summed E-state index contributed by atoms with van der Waals surface area (Å²) < 4.78 is 10.8. The van der Waals surface area contributed by atoms with Gasteiger partial charge in [0.25, 0.3) is 0 Å². The third kappa shape index (κ3) is 67.7. The van der Waals surface area contributed by atoms with Gasteiger partial charge in [-0.25, -0.2) is 0 Å². The summed E-state index contributed by atoms with van der Waals surface area (Å²) in [7, 11) is 0. The number of allylic oxidation sites excluding steroid dienone is 12. The van der Waals surface area contributed by atoms with E-state index in [-0.39, 0.29) is 25.2 Å². The number of aliphatic hydroxyl groups excluding tert-OH is 1. The lowest BCUT2D eigenvalue weighted by atomic mass is 10.0. The van der Waals surface area contributed by atoms with Gasteiger partial charge in [0.1, 0.15) is 6.61 Å². The molecule has 0 aromatic carbocycles. The fourth-order valence-electron chi connectivity index (χ4n) is 10.6. The van der Waals surface area contributed by atoms with Gasteiger partial charge in [-0.1, -0.05) is 363 Å². The Labute approximate surface area is 493 Å². The Bertz CT molecular complexity index is 1390. The number of rotatable bonds is 65. The maximum Gasteiger partial charge on any atom is 0.306 e. The van der Waals surface area contributed by atoms with Crippen molar-refractivity contribution >= 4 is 11.9 Å². The molecule has 1 unspecified atom stereocenters. The van der Waals surface area contributed by atoms with Gasteiger partial charge >= 0.3 is 11.9 Å². The number of hydrogen-bond acceptors (Lipinski definition) is 5. The summed E-state index contributed by atoms with van der Waals surface area (Å²) in [4.78, 5) is 24.7. The molecule has 0 aromatic heterocycles. The normalized spacial score (nSPS) is 12.6. The largest absolute Gasteiger partial charge is 0.462 e. The van der Waals surface area contributed by atoms with Crippen LogP contribution in [0.5, 0.6) is 0 Å². The van der Waals surface area contributed by atoms with Crippen LogP contribution in [0, 0.1) is 0 Å². The number of unbranched alkanes of at least 4 members (excludes halogenated alkanes) is 45. The Hall–Kier alpha value is -2.66. The smallest absolute Gasteiger partial charge is 0.306 e. The third-order valence-electron chi connectivity index (χ3n) is 15.8. The first-order chi connectivity index (χ1) is 39.1. The molecule has 0 saturated heterocycles. The minimum Gasteiger partial charge on any atom is -0.462 e. The van der Waals surface area contributed by atoms with E-state index in [4.69, 9.17) is 9.47 Å². The van der Waals surface area contributed by atoms with Crippen LogP contribution in [0.15, 0.2) is 72.9 Å². The number of carbonyl (C=O) groups excluding carboxylic acids is 2. The Morgan fingerprint density at radius 1 is 0.304 bits per heavy atom. The van der Waals surface area contributed by atoms with Crippen molar-refractivity contribution in [3.63, 3.8) is 0 Å². The lowest BCUT2D eigenvalue weighted by Crippen LogP contribution is -2.28. The fourth-order valence-corrected chi connectivity index (χ4v) is 10.6. The Balaban J connectivity index is 3.42. The molecule has 0 spiro atoms. The van der Waals surface area contributed by atoms with E-state index in [1.807, 2.05) is 0 Å². The predicted octanol–water partition coefficient (Wildman–Crippen LogP) is 24.3. The molecule has 0 aliphatic heterocycles. The highest BCUT2D eigenvalue weighted by molar-refractivity contribution is 5.70. The maximum atomic E-state index is 12.4. The first-order valence-electron chi connectivity index (χ1n) is 35.0. The zero-order chi connectivity index (χ0) is 56.9. The van der Waals surface area contributed by atoms with Gasteiger partial charge in [-0.3, -0.25) is 9.59 Å². The quantitative estimate of drug-likeness (QED) is 0.0373. The number of hydrogen-bond donors (Lipinski definition) is 1. The van der Waals surface area contributed by atoms with Gasteiger partial charge in [-0.2, -0.15) is 0 Å². The van der Waals surface area contributed by atoms with Crippen LogP contribution in [-0.2, 0) is 19.1 Å². The van der Waals surface area contributed by atoms with E-state index >= 15 is 0 Å². The van der Waals surface area contributed by atoms with Crippen molar-refractivity contribution in [3.05, 3.63) is 72.9 Å². The Kier molecular flexibility index (Phi) is 67.3. The second-order valence-electron chi connectivity index (χ2n) is 23.6. The maximum absolute atomic E-state index is 12.4. The molecule has 5 nitrogen and oxygen atoms in total. The Morgan fingerprint density at radius 3 is 0.823 bits per heavy atom. The average Bonchev–Trinajstić information content (AvgIpc) is 3.45. The SMILES string of the molecule is CC/C=C\C/C=C\C/C=C\C/C=C\C/C=C\C/C=C\CCCCCCCCCCCCCCCCCCC(=O)OC(CO)COC(=O)CCCCCCCCCCCCCCCCCCCCCCCCCCCCCCCC. The topological polar surface area (TPSA) is 72.8 Å².